The van der Waals surface area contributed by atoms with E-state index in [0.717, 1.165) is 4.90 Å². The number of benzene rings is 2. The Morgan fingerprint density at radius 1 is 1.02 bits per heavy atom. The van der Waals surface area contributed by atoms with Gasteiger partial charge in [0.25, 0.3) is 5.91 Å². The number of aliphatic carboxylic acids is 1. The Bertz CT molecular complexity index is 1800. The van der Waals surface area contributed by atoms with Crippen molar-refractivity contribution >= 4 is 47.3 Å². The molecule has 0 aliphatic carbocycles. The van der Waals surface area contributed by atoms with Gasteiger partial charge in [-0.2, -0.15) is 0 Å². The molecule has 4 atom stereocenters. The third kappa shape index (κ3) is 10.5. The Labute approximate surface area is 318 Å². The number of aliphatic hydroxyl groups excluding tert-OH is 1. The fourth-order valence-electron chi connectivity index (χ4n) is 5.95. The maximum Gasteiger partial charge on any atom is 0.416 e. The Kier molecular flexibility index (Phi) is 14.2. The molecule has 17 heteroatoms. The van der Waals surface area contributed by atoms with E-state index in [2.05, 4.69) is 29.1 Å². The van der Waals surface area contributed by atoms with E-state index in [-0.39, 0.29) is 74.3 Å². The third-order valence-corrected chi connectivity index (χ3v) is 8.81. The number of nitrogens with zero attached hydrogens (tertiary/aromatic N) is 2. The van der Waals surface area contributed by atoms with Gasteiger partial charge in [-0.15, -0.1) is 0 Å². The van der Waals surface area contributed by atoms with E-state index in [1.54, 1.807) is 38.1 Å². The summed E-state index contributed by atoms with van der Waals surface area (Å²) in [6.07, 6.45) is -1.60. The molecule has 0 bridgehead atoms. The van der Waals surface area contributed by atoms with Crippen LogP contribution in [-0.2, 0) is 30.5 Å². The molecule has 1 fully saturated rings. The van der Waals surface area contributed by atoms with Crippen molar-refractivity contribution in [1.29, 1.82) is 0 Å². The Morgan fingerprint density at radius 2 is 1.73 bits per heavy atom. The van der Waals surface area contributed by atoms with Crippen LogP contribution < -0.4 is 30.3 Å². The largest absolute Gasteiger partial charge is 0.493 e. The molecule has 55 heavy (non-hydrogen) atoms. The summed E-state index contributed by atoms with van der Waals surface area (Å²) in [6, 6.07) is 6.39. The first-order chi connectivity index (χ1) is 26.1. The van der Waals surface area contributed by atoms with Gasteiger partial charge < -0.3 is 50.0 Å². The summed E-state index contributed by atoms with van der Waals surface area (Å²) in [4.78, 5) is 78.7. The molecule has 0 unspecified atom stereocenters. The second-order valence-corrected chi connectivity index (χ2v) is 13.3. The van der Waals surface area contributed by atoms with Gasteiger partial charge in [0.05, 0.1) is 31.0 Å². The zero-order valence-corrected chi connectivity index (χ0v) is 31.2. The van der Waals surface area contributed by atoms with Crippen LogP contribution in [0.15, 0.2) is 61.2 Å². The molecular weight excluding hydrogens is 718 g/mol. The van der Waals surface area contributed by atoms with Gasteiger partial charge in [-0.05, 0) is 49.4 Å². The Morgan fingerprint density at radius 3 is 2.36 bits per heavy atom. The number of carbonyl (C=O) groups is 6. The molecule has 0 spiro atoms. The number of rotatable bonds is 16. The number of carboxylic acids is 1. The monoisotopic (exact) mass is 765 g/mol. The number of alkyl carbamates (subject to hydrolysis) is 1. The van der Waals surface area contributed by atoms with E-state index in [4.69, 9.17) is 24.1 Å². The number of amides is 5. The molecule has 2 aromatic carbocycles. The lowest BCUT2D eigenvalue weighted by atomic mass is 10.0. The SMILES string of the molecule is C=CCOC(=O)N[C@H](C(=O)N[C@@H](C)C(=O)Nc1ccc(COC(=O)N2c3cc(OCCCC(=O)O)c(OC)cc3C(=O)N3CC(=C)C[C@H]3[C@@H]2O)cc1)C(C)C. The number of carboxylic acid groups (broad SMARTS) is 1. The first kappa shape index (κ1) is 41.7. The van der Waals surface area contributed by atoms with Crippen LogP contribution in [0.3, 0.4) is 0 Å². The molecule has 1 saturated heterocycles. The normalized spacial score (nSPS) is 17.2. The topological polar surface area (TPSA) is 222 Å². The van der Waals surface area contributed by atoms with Crippen molar-refractivity contribution in [2.24, 2.45) is 5.92 Å². The van der Waals surface area contributed by atoms with Crippen LogP contribution in [-0.4, -0.2) is 102 Å². The number of hydrogen-bond acceptors (Lipinski definition) is 11. The Hall–Kier alpha value is -6.10. The average Bonchev–Trinajstić information content (AvgIpc) is 3.52. The molecule has 5 N–H and O–H groups in total. The molecule has 0 radical (unpaired) electrons. The maximum absolute atomic E-state index is 13.8. The summed E-state index contributed by atoms with van der Waals surface area (Å²) in [5, 5.41) is 28.3. The van der Waals surface area contributed by atoms with Gasteiger partial charge in [0.2, 0.25) is 11.8 Å². The van der Waals surface area contributed by atoms with Crippen molar-refractivity contribution < 1.29 is 57.9 Å². The molecule has 4 rings (SSSR count). The number of nitrogens with one attached hydrogen (secondary N) is 3. The number of carbonyl (C=O) groups excluding carboxylic acids is 5. The van der Waals surface area contributed by atoms with E-state index in [9.17, 15) is 33.9 Å². The van der Waals surface area contributed by atoms with Crippen molar-refractivity contribution in [1.82, 2.24) is 15.5 Å². The predicted octanol–water partition coefficient (Wildman–Crippen LogP) is 3.56. The van der Waals surface area contributed by atoms with Gasteiger partial charge in [-0.1, -0.05) is 50.8 Å². The lowest BCUT2D eigenvalue weighted by molar-refractivity contribution is -0.137. The molecule has 0 aromatic heterocycles. The van der Waals surface area contributed by atoms with Crippen LogP contribution in [0, 0.1) is 5.92 Å². The fraction of sp³-hybridized carbons (Fsp3) is 0.421. The average molecular weight is 766 g/mol. The minimum Gasteiger partial charge on any atom is -0.493 e. The Balaban J connectivity index is 1.44. The molecule has 17 nitrogen and oxygen atoms in total. The van der Waals surface area contributed by atoms with E-state index in [1.807, 2.05) is 0 Å². The third-order valence-electron chi connectivity index (χ3n) is 8.81. The molecule has 2 heterocycles. The lowest BCUT2D eigenvalue weighted by Gasteiger charge is -2.31. The second-order valence-electron chi connectivity index (χ2n) is 13.3. The van der Waals surface area contributed by atoms with Crippen LogP contribution in [0.25, 0.3) is 0 Å². The molecule has 2 aliphatic rings. The maximum atomic E-state index is 13.8. The number of ether oxygens (including phenoxy) is 4. The van der Waals surface area contributed by atoms with E-state index < -0.39 is 60.2 Å². The highest BCUT2D eigenvalue weighted by atomic mass is 16.6. The molecule has 5 amide bonds. The molecular formula is C38H47N5O12. The van der Waals surface area contributed by atoms with Crippen LogP contribution >= 0.6 is 0 Å². The van der Waals surface area contributed by atoms with Crippen molar-refractivity contribution in [3.05, 3.63) is 72.3 Å². The number of anilines is 2. The van der Waals surface area contributed by atoms with Crippen LogP contribution in [0.4, 0.5) is 21.0 Å². The minimum atomic E-state index is -1.53. The summed E-state index contributed by atoms with van der Waals surface area (Å²) in [5.74, 6) is -2.56. The lowest BCUT2D eigenvalue weighted by Crippen LogP contribution is -2.53. The molecule has 2 aliphatic heterocycles. The summed E-state index contributed by atoms with van der Waals surface area (Å²) in [6.45, 7) is 12.3. The summed E-state index contributed by atoms with van der Waals surface area (Å²) in [7, 11) is 1.37. The minimum absolute atomic E-state index is 0.00570. The first-order valence-electron chi connectivity index (χ1n) is 17.6. The number of fused-ring (bicyclic) bond motifs is 2. The van der Waals surface area contributed by atoms with Gasteiger partial charge in [-0.3, -0.25) is 19.2 Å². The van der Waals surface area contributed by atoms with Gasteiger partial charge in [0, 0.05) is 24.7 Å². The zero-order valence-electron chi connectivity index (χ0n) is 31.2. The van der Waals surface area contributed by atoms with Gasteiger partial charge in [0.15, 0.2) is 17.7 Å². The van der Waals surface area contributed by atoms with Crippen LogP contribution in [0.1, 0.15) is 56.0 Å². The standard InChI is InChI=1S/C38H47N5O12/c1-7-14-54-37(50)41-32(21(2)3)34(47)39-23(5)33(46)40-25-12-10-24(11-13-25)20-55-38(51)43-27-18-30(53-15-8-9-31(44)45)29(52-6)17-26(27)35(48)42-19-22(4)16-28(42)36(43)49/h7,10-13,17-18,21,23,28,32,36,49H,1,4,8-9,14-16,19-20H2,2-3,5-6H3,(H,39,47)(H,40,46)(H,41,50)(H,44,45)/t23-,28-,32-,36-/m0/s1. The fourth-order valence-corrected chi connectivity index (χ4v) is 5.95. The summed E-state index contributed by atoms with van der Waals surface area (Å²) >= 11 is 0. The molecule has 0 saturated carbocycles. The van der Waals surface area contributed by atoms with E-state index in [0.29, 0.717) is 16.8 Å². The van der Waals surface area contributed by atoms with Crippen LogP contribution in [0.2, 0.25) is 0 Å². The molecule has 2 aromatic rings. The zero-order chi connectivity index (χ0) is 40.4. The highest BCUT2D eigenvalue weighted by Crippen LogP contribution is 2.42. The number of methoxy groups -OCH3 is 1. The quantitative estimate of drug-likeness (QED) is 0.122. The van der Waals surface area contributed by atoms with Gasteiger partial charge in [0.1, 0.15) is 25.3 Å². The summed E-state index contributed by atoms with van der Waals surface area (Å²) < 4.78 is 21.8. The highest BCUT2D eigenvalue weighted by Gasteiger charge is 2.46. The number of aliphatic hydroxyl groups is 1. The van der Waals surface area contributed by atoms with Crippen molar-refractivity contribution in [3.8, 4) is 11.5 Å². The first-order valence-corrected chi connectivity index (χ1v) is 17.6. The number of hydrogen-bond donors (Lipinski definition) is 5. The van der Waals surface area contributed by atoms with Crippen molar-refractivity contribution in [2.45, 2.75) is 71.0 Å². The van der Waals surface area contributed by atoms with Crippen molar-refractivity contribution in [2.75, 3.05) is 37.1 Å². The van der Waals surface area contributed by atoms with E-state index in [1.165, 1.54) is 37.1 Å². The van der Waals surface area contributed by atoms with Gasteiger partial charge in [-0.25, -0.2) is 14.5 Å². The highest BCUT2D eigenvalue weighted by molar-refractivity contribution is 6.06. The van der Waals surface area contributed by atoms with Crippen molar-refractivity contribution in [3.63, 3.8) is 0 Å². The smallest absolute Gasteiger partial charge is 0.416 e. The summed E-state index contributed by atoms with van der Waals surface area (Å²) in [5.41, 5.74) is 1.67. The van der Waals surface area contributed by atoms with Crippen LogP contribution in [0.5, 0.6) is 11.5 Å². The molecule has 296 valence electrons. The van der Waals surface area contributed by atoms with Gasteiger partial charge >= 0.3 is 18.2 Å². The van der Waals surface area contributed by atoms with E-state index >= 15 is 0 Å². The predicted molar refractivity (Wildman–Crippen MR) is 199 cm³/mol. The second kappa shape index (κ2) is 18.8.